The van der Waals surface area contributed by atoms with Gasteiger partial charge in [0.15, 0.2) is 5.78 Å². The van der Waals surface area contributed by atoms with Crippen molar-refractivity contribution in [2.75, 3.05) is 0 Å². The fraction of sp³-hybridized carbons (Fsp3) is 0.333. The third kappa shape index (κ3) is 4.71. The van der Waals surface area contributed by atoms with Gasteiger partial charge >= 0.3 is 5.97 Å². The first kappa shape index (κ1) is 16.8. The predicted molar refractivity (Wildman–Crippen MR) is 86.3 cm³/mol. The van der Waals surface area contributed by atoms with Crippen LogP contribution in [0.25, 0.3) is 6.08 Å². The second kappa shape index (κ2) is 7.63. The summed E-state index contributed by atoms with van der Waals surface area (Å²) >= 11 is 0. The Bertz CT molecular complexity index is 658. The summed E-state index contributed by atoms with van der Waals surface area (Å²) in [7, 11) is 0. The molecule has 5 heteroatoms. The first-order chi connectivity index (χ1) is 11.0. The molecule has 1 aromatic carbocycles. The molecule has 0 radical (unpaired) electrons. The second-order valence-corrected chi connectivity index (χ2v) is 5.54. The first-order valence-electron chi connectivity index (χ1n) is 7.60. The lowest BCUT2D eigenvalue weighted by molar-refractivity contribution is -0.114. The van der Waals surface area contributed by atoms with E-state index in [4.69, 9.17) is 4.74 Å². The fourth-order valence-electron chi connectivity index (χ4n) is 2.36. The number of carbonyl (C=O) groups is 2. The van der Waals surface area contributed by atoms with E-state index in [0.29, 0.717) is 31.2 Å². The fourth-order valence-corrected chi connectivity index (χ4v) is 2.36. The highest BCUT2D eigenvalue weighted by Gasteiger charge is 2.20. The number of carbonyl (C=O) groups excluding carboxylic acids is 2. The Morgan fingerprint density at radius 2 is 1.91 bits per heavy atom. The number of benzene rings is 1. The number of phenols is 2. The highest BCUT2D eigenvalue weighted by molar-refractivity contribution is 5.97. The van der Waals surface area contributed by atoms with E-state index in [2.05, 4.69) is 0 Å². The molecular weight excluding hydrogens is 296 g/mol. The molecule has 0 bridgehead atoms. The molecule has 0 unspecified atom stereocenters. The number of ether oxygens (including phenoxy) is 1. The number of phenolic OH excluding ortho intramolecular Hbond substituents is 2. The van der Waals surface area contributed by atoms with Crippen molar-refractivity contribution in [2.45, 2.75) is 38.7 Å². The third-order valence-electron chi connectivity index (χ3n) is 3.51. The number of hydrogen-bond acceptors (Lipinski definition) is 5. The van der Waals surface area contributed by atoms with Crippen molar-refractivity contribution in [2.24, 2.45) is 0 Å². The normalized spacial score (nSPS) is 22.6. The van der Waals surface area contributed by atoms with Crippen LogP contribution in [0.4, 0.5) is 0 Å². The van der Waals surface area contributed by atoms with Gasteiger partial charge in [-0.1, -0.05) is 18.2 Å². The van der Waals surface area contributed by atoms with Crippen LogP contribution in [0, 0.1) is 0 Å². The molecule has 0 saturated heterocycles. The van der Waals surface area contributed by atoms with E-state index in [1.165, 1.54) is 12.1 Å². The van der Waals surface area contributed by atoms with Gasteiger partial charge in [0, 0.05) is 18.9 Å². The summed E-state index contributed by atoms with van der Waals surface area (Å²) in [4.78, 5) is 23.9. The lowest BCUT2D eigenvalue weighted by Gasteiger charge is -2.14. The maximum absolute atomic E-state index is 12.3. The van der Waals surface area contributed by atoms with Crippen LogP contribution in [0.3, 0.4) is 0 Å². The van der Waals surface area contributed by atoms with Crippen molar-refractivity contribution in [3.05, 3.63) is 41.5 Å². The van der Waals surface area contributed by atoms with Crippen molar-refractivity contribution in [1.82, 2.24) is 0 Å². The van der Waals surface area contributed by atoms with Crippen LogP contribution < -0.4 is 0 Å². The van der Waals surface area contributed by atoms with Crippen LogP contribution in [0.1, 0.15) is 48.5 Å². The number of aromatic hydroxyl groups is 2. The maximum atomic E-state index is 12.3. The summed E-state index contributed by atoms with van der Waals surface area (Å²) in [6.45, 7) is 1.71. The molecule has 1 aliphatic heterocycles. The SMILES string of the molecule is C[C@H]1C/C=C/C(=O)CCC/C=C/c2cc(O)cc(O)c2C(=O)O1. The van der Waals surface area contributed by atoms with E-state index in [0.717, 1.165) is 6.07 Å². The van der Waals surface area contributed by atoms with Gasteiger partial charge in [-0.2, -0.15) is 0 Å². The summed E-state index contributed by atoms with van der Waals surface area (Å²) in [5.74, 6) is -1.07. The van der Waals surface area contributed by atoms with Crippen molar-refractivity contribution in [3.63, 3.8) is 0 Å². The van der Waals surface area contributed by atoms with Gasteiger partial charge in [-0.15, -0.1) is 0 Å². The third-order valence-corrected chi connectivity index (χ3v) is 3.51. The van der Waals surface area contributed by atoms with Crippen LogP contribution in [0.15, 0.2) is 30.4 Å². The molecule has 0 spiro atoms. The second-order valence-electron chi connectivity index (χ2n) is 5.54. The van der Waals surface area contributed by atoms with E-state index in [9.17, 15) is 19.8 Å². The van der Waals surface area contributed by atoms with Gasteiger partial charge < -0.3 is 14.9 Å². The van der Waals surface area contributed by atoms with E-state index in [-0.39, 0.29) is 22.8 Å². The molecule has 2 rings (SSSR count). The van der Waals surface area contributed by atoms with Gasteiger partial charge in [0.25, 0.3) is 0 Å². The zero-order valence-corrected chi connectivity index (χ0v) is 13.0. The largest absolute Gasteiger partial charge is 0.508 e. The van der Waals surface area contributed by atoms with Gasteiger partial charge in [-0.25, -0.2) is 4.79 Å². The van der Waals surface area contributed by atoms with Gasteiger partial charge in [-0.3, -0.25) is 4.79 Å². The summed E-state index contributed by atoms with van der Waals surface area (Å²) < 4.78 is 5.30. The molecule has 0 amide bonds. The molecule has 1 aromatic rings. The molecule has 0 aliphatic carbocycles. The summed E-state index contributed by atoms with van der Waals surface area (Å²) in [6.07, 6.45) is 8.45. The number of cyclic esters (lactones) is 1. The molecule has 23 heavy (non-hydrogen) atoms. The smallest absolute Gasteiger partial charge is 0.342 e. The Kier molecular flexibility index (Phi) is 5.57. The molecule has 5 nitrogen and oxygen atoms in total. The summed E-state index contributed by atoms with van der Waals surface area (Å²) in [5, 5.41) is 19.6. The van der Waals surface area contributed by atoms with Gasteiger partial charge in [-0.05, 0) is 37.5 Å². The molecule has 0 saturated carbocycles. The predicted octanol–water partition coefficient (Wildman–Crippen LogP) is 3.36. The molecule has 1 aliphatic rings. The number of hydrogen-bond donors (Lipinski definition) is 2. The minimum Gasteiger partial charge on any atom is -0.508 e. The summed E-state index contributed by atoms with van der Waals surface area (Å²) in [5.41, 5.74) is 0.418. The van der Waals surface area contributed by atoms with Crippen molar-refractivity contribution < 1.29 is 24.5 Å². The number of allylic oxidation sites excluding steroid dienone is 2. The molecule has 122 valence electrons. The highest BCUT2D eigenvalue weighted by Crippen LogP contribution is 2.29. The van der Waals surface area contributed by atoms with Crippen LogP contribution in [-0.2, 0) is 9.53 Å². The Balaban J connectivity index is 2.36. The van der Waals surface area contributed by atoms with Gasteiger partial charge in [0.05, 0.1) is 0 Å². The van der Waals surface area contributed by atoms with E-state index in [1.807, 2.05) is 0 Å². The minimum absolute atomic E-state index is 0.0306. The average Bonchev–Trinajstić information content (AvgIpc) is 2.45. The zero-order chi connectivity index (χ0) is 16.8. The summed E-state index contributed by atoms with van der Waals surface area (Å²) in [6, 6.07) is 2.51. The van der Waals surface area contributed by atoms with Crippen molar-refractivity contribution >= 4 is 17.8 Å². The lowest BCUT2D eigenvalue weighted by atomic mass is 10.0. The van der Waals surface area contributed by atoms with Crippen molar-refractivity contribution in [3.8, 4) is 11.5 Å². The molecule has 0 aromatic heterocycles. The van der Waals surface area contributed by atoms with Gasteiger partial charge in [0.1, 0.15) is 23.2 Å². The van der Waals surface area contributed by atoms with E-state index >= 15 is 0 Å². The number of fused-ring (bicyclic) bond motifs is 1. The Morgan fingerprint density at radius 3 is 2.70 bits per heavy atom. The van der Waals surface area contributed by atoms with Crippen LogP contribution in [0.5, 0.6) is 11.5 Å². The monoisotopic (exact) mass is 316 g/mol. The molecular formula is C18H20O5. The standard InChI is InChI=1S/C18H20O5/c1-12-6-5-9-14(19)8-4-2-3-7-13-10-15(20)11-16(21)17(13)18(22)23-12/h3,5,7,9-12,20-21H,2,4,6,8H2,1H3/b7-3+,9-5+/t12-/m0/s1. The van der Waals surface area contributed by atoms with Gasteiger partial charge in [0.2, 0.25) is 0 Å². The average molecular weight is 316 g/mol. The minimum atomic E-state index is -0.661. The molecule has 1 heterocycles. The molecule has 2 N–H and O–H groups in total. The van der Waals surface area contributed by atoms with E-state index < -0.39 is 12.1 Å². The number of ketones is 1. The van der Waals surface area contributed by atoms with Crippen LogP contribution >= 0.6 is 0 Å². The Morgan fingerprint density at radius 1 is 1.13 bits per heavy atom. The lowest BCUT2D eigenvalue weighted by Crippen LogP contribution is -2.15. The Labute approximate surface area is 134 Å². The topological polar surface area (TPSA) is 83.8 Å². The zero-order valence-electron chi connectivity index (χ0n) is 13.0. The Hall–Kier alpha value is -2.56. The van der Waals surface area contributed by atoms with Crippen molar-refractivity contribution in [1.29, 1.82) is 0 Å². The van der Waals surface area contributed by atoms with E-state index in [1.54, 1.807) is 25.2 Å². The molecule has 0 fully saturated rings. The van der Waals surface area contributed by atoms with Crippen LogP contribution in [-0.4, -0.2) is 28.1 Å². The molecule has 1 atom stereocenters. The number of esters is 1. The number of rotatable bonds is 0. The quantitative estimate of drug-likeness (QED) is 0.717. The maximum Gasteiger partial charge on any atom is 0.342 e. The first-order valence-corrected chi connectivity index (χ1v) is 7.60. The van der Waals surface area contributed by atoms with Crippen LogP contribution in [0.2, 0.25) is 0 Å². The highest BCUT2D eigenvalue weighted by atomic mass is 16.5.